The van der Waals surface area contributed by atoms with Crippen LogP contribution in [0.3, 0.4) is 0 Å². The van der Waals surface area contributed by atoms with Crippen molar-refractivity contribution in [3.63, 3.8) is 0 Å². The van der Waals surface area contributed by atoms with Gasteiger partial charge in [-0.1, -0.05) is 50.2 Å². The van der Waals surface area contributed by atoms with E-state index in [-0.39, 0.29) is 0 Å². The van der Waals surface area contributed by atoms with E-state index in [2.05, 4.69) is 38.1 Å². The molecule has 0 atom stereocenters. The molecule has 0 fully saturated rings. The Morgan fingerprint density at radius 2 is 1.84 bits per heavy atom. The van der Waals surface area contributed by atoms with Crippen molar-refractivity contribution >= 4 is 6.29 Å². The lowest BCUT2D eigenvalue weighted by atomic mass is 10.0. The van der Waals surface area contributed by atoms with Crippen LogP contribution in [0.5, 0.6) is 5.75 Å². The normalized spacial score (nSPS) is 10.5. The number of hydrogen-bond acceptors (Lipinski definition) is 2. The third-order valence-electron chi connectivity index (χ3n) is 3.05. The molecule has 0 unspecified atom stereocenters. The van der Waals surface area contributed by atoms with Gasteiger partial charge >= 0.3 is 0 Å². The number of benzene rings is 2. The smallest absolute Gasteiger partial charge is 0.150 e. The molecular weight excluding hydrogens is 236 g/mol. The Morgan fingerprint density at radius 1 is 1.11 bits per heavy atom. The van der Waals surface area contributed by atoms with E-state index in [0.29, 0.717) is 18.1 Å². The second-order valence-corrected chi connectivity index (χ2v) is 4.88. The second kappa shape index (κ2) is 6.19. The molecule has 0 aromatic heterocycles. The first-order chi connectivity index (χ1) is 9.19. The third-order valence-corrected chi connectivity index (χ3v) is 3.05. The van der Waals surface area contributed by atoms with Gasteiger partial charge in [-0.2, -0.15) is 0 Å². The standard InChI is InChI=1S/C17H18O2/c1-13(2)16-8-6-14(7-9-16)12-19-17-5-3-4-15(10-17)11-18/h3-11,13H,12H2,1-2H3. The van der Waals surface area contributed by atoms with Crippen LogP contribution in [-0.4, -0.2) is 6.29 Å². The molecule has 0 N–H and O–H groups in total. The van der Waals surface area contributed by atoms with Crippen LogP contribution in [0, 0.1) is 0 Å². The van der Waals surface area contributed by atoms with Crippen molar-refractivity contribution in [2.45, 2.75) is 26.4 Å². The van der Waals surface area contributed by atoms with E-state index in [0.717, 1.165) is 17.6 Å². The van der Waals surface area contributed by atoms with Crippen molar-refractivity contribution in [3.8, 4) is 5.75 Å². The molecule has 0 heterocycles. The SMILES string of the molecule is CC(C)c1ccc(COc2cccc(C=O)c2)cc1. The Bertz CT molecular complexity index is 541. The minimum absolute atomic E-state index is 0.515. The molecule has 0 bridgehead atoms. The van der Waals surface area contributed by atoms with Gasteiger partial charge in [0.15, 0.2) is 0 Å². The lowest BCUT2D eigenvalue weighted by Gasteiger charge is -2.09. The lowest BCUT2D eigenvalue weighted by Crippen LogP contribution is -1.96. The van der Waals surface area contributed by atoms with Gasteiger partial charge in [-0.15, -0.1) is 0 Å². The van der Waals surface area contributed by atoms with Crippen LogP contribution >= 0.6 is 0 Å². The third kappa shape index (κ3) is 3.68. The molecule has 0 saturated heterocycles. The van der Waals surface area contributed by atoms with Gasteiger partial charge in [0.2, 0.25) is 0 Å². The lowest BCUT2D eigenvalue weighted by molar-refractivity contribution is 0.112. The fourth-order valence-corrected chi connectivity index (χ4v) is 1.84. The summed E-state index contributed by atoms with van der Waals surface area (Å²) < 4.78 is 5.68. The summed E-state index contributed by atoms with van der Waals surface area (Å²) in [5, 5.41) is 0. The number of carbonyl (C=O) groups is 1. The van der Waals surface area contributed by atoms with Gasteiger partial charge in [-0.05, 0) is 29.2 Å². The Hall–Kier alpha value is -2.09. The Morgan fingerprint density at radius 3 is 2.47 bits per heavy atom. The molecule has 0 spiro atoms. The fraction of sp³-hybridized carbons (Fsp3) is 0.235. The molecule has 98 valence electrons. The van der Waals surface area contributed by atoms with Crippen molar-refractivity contribution in [2.75, 3.05) is 0 Å². The van der Waals surface area contributed by atoms with Gasteiger partial charge in [0.25, 0.3) is 0 Å². The molecule has 2 nitrogen and oxygen atoms in total. The summed E-state index contributed by atoms with van der Waals surface area (Å²) in [6.07, 6.45) is 0.824. The van der Waals surface area contributed by atoms with Crippen molar-refractivity contribution in [2.24, 2.45) is 0 Å². The number of hydrogen-bond donors (Lipinski definition) is 0. The van der Waals surface area contributed by atoms with Crippen LogP contribution in [-0.2, 0) is 6.61 Å². The van der Waals surface area contributed by atoms with Crippen LogP contribution in [0.25, 0.3) is 0 Å². The summed E-state index contributed by atoms with van der Waals surface area (Å²) in [4.78, 5) is 10.7. The minimum atomic E-state index is 0.515. The number of rotatable bonds is 5. The Balaban J connectivity index is 1.99. The van der Waals surface area contributed by atoms with Gasteiger partial charge in [0, 0.05) is 5.56 Å². The maximum Gasteiger partial charge on any atom is 0.150 e. The van der Waals surface area contributed by atoms with Crippen molar-refractivity contribution < 1.29 is 9.53 Å². The van der Waals surface area contributed by atoms with E-state index >= 15 is 0 Å². The molecule has 19 heavy (non-hydrogen) atoms. The largest absolute Gasteiger partial charge is 0.489 e. The number of carbonyl (C=O) groups excluding carboxylic acids is 1. The molecule has 0 aliphatic carbocycles. The summed E-state index contributed by atoms with van der Waals surface area (Å²) in [6, 6.07) is 15.6. The van der Waals surface area contributed by atoms with Crippen LogP contribution in [0.4, 0.5) is 0 Å². The summed E-state index contributed by atoms with van der Waals surface area (Å²) >= 11 is 0. The Labute approximate surface area is 114 Å². The molecule has 0 saturated carbocycles. The second-order valence-electron chi connectivity index (χ2n) is 4.88. The first-order valence-corrected chi connectivity index (χ1v) is 6.46. The summed E-state index contributed by atoms with van der Waals surface area (Å²) in [5.41, 5.74) is 3.08. The molecule has 2 aromatic rings. The average Bonchev–Trinajstić information content (AvgIpc) is 2.46. The van der Waals surface area contributed by atoms with Crippen molar-refractivity contribution in [1.29, 1.82) is 0 Å². The van der Waals surface area contributed by atoms with E-state index in [9.17, 15) is 4.79 Å². The average molecular weight is 254 g/mol. The highest BCUT2D eigenvalue weighted by Gasteiger charge is 2.00. The van der Waals surface area contributed by atoms with E-state index in [1.54, 1.807) is 12.1 Å². The quantitative estimate of drug-likeness (QED) is 0.747. The highest BCUT2D eigenvalue weighted by molar-refractivity contribution is 5.75. The van der Waals surface area contributed by atoms with Crippen molar-refractivity contribution in [1.82, 2.24) is 0 Å². The summed E-state index contributed by atoms with van der Waals surface area (Å²) in [7, 11) is 0. The minimum Gasteiger partial charge on any atom is -0.489 e. The maximum absolute atomic E-state index is 10.7. The summed E-state index contributed by atoms with van der Waals surface area (Å²) in [6.45, 7) is 4.87. The fourth-order valence-electron chi connectivity index (χ4n) is 1.84. The maximum atomic E-state index is 10.7. The zero-order valence-corrected chi connectivity index (χ0v) is 11.3. The molecule has 2 heteroatoms. The van der Waals surface area contributed by atoms with Crippen LogP contribution in [0.15, 0.2) is 48.5 Å². The van der Waals surface area contributed by atoms with Crippen LogP contribution < -0.4 is 4.74 Å². The predicted molar refractivity (Wildman–Crippen MR) is 76.7 cm³/mol. The van der Waals surface area contributed by atoms with Gasteiger partial charge < -0.3 is 4.74 Å². The van der Waals surface area contributed by atoms with E-state index in [1.165, 1.54) is 5.56 Å². The topological polar surface area (TPSA) is 26.3 Å². The van der Waals surface area contributed by atoms with Gasteiger partial charge in [0.05, 0.1) is 0 Å². The van der Waals surface area contributed by atoms with E-state index in [1.807, 2.05) is 12.1 Å². The first-order valence-electron chi connectivity index (χ1n) is 6.46. The zero-order chi connectivity index (χ0) is 13.7. The molecule has 0 aliphatic rings. The predicted octanol–water partition coefficient (Wildman–Crippen LogP) is 4.20. The zero-order valence-electron chi connectivity index (χ0n) is 11.3. The van der Waals surface area contributed by atoms with E-state index < -0.39 is 0 Å². The van der Waals surface area contributed by atoms with Crippen LogP contribution in [0.1, 0.15) is 41.3 Å². The first kappa shape index (κ1) is 13.3. The van der Waals surface area contributed by atoms with Crippen molar-refractivity contribution in [3.05, 3.63) is 65.2 Å². The summed E-state index contributed by atoms with van der Waals surface area (Å²) in [5.74, 6) is 1.26. The monoisotopic (exact) mass is 254 g/mol. The number of ether oxygens (including phenoxy) is 1. The van der Waals surface area contributed by atoms with Gasteiger partial charge in [0.1, 0.15) is 18.6 Å². The van der Waals surface area contributed by atoms with Gasteiger partial charge in [-0.25, -0.2) is 0 Å². The van der Waals surface area contributed by atoms with Gasteiger partial charge in [-0.3, -0.25) is 4.79 Å². The van der Waals surface area contributed by atoms with Crippen LogP contribution in [0.2, 0.25) is 0 Å². The highest BCUT2D eigenvalue weighted by Crippen LogP contribution is 2.17. The molecule has 0 aliphatic heterocycles. The number of aldehydes is 1. The highest BCUT2D eigenvalue weighted by atomic mass is 16.5. The molecule has 0 radical (unpaired) electrons. The molecule has 2 rings (SSSR count). The van der Waals surface area contributed by atoms with E-state index in [4.69, 9.17) is 4.74 Å². The molecule has 2 aromatic carbocycles. The molecular formula is C17H18O2. The molecule has 0 amide bonds. The Kier molecular flexibility index (Phi) is 4.35.